The molecule has 2 aromatic rings. The van der Waals surface area contributed by atoms with E-state index in [0.29, 0.717) is 0 Å². The van der Waals surface area contributed by atoms with Gasteiger partial charge in [-0.3, -0.25) is 0 Å². The summed E-state index contributed by atoms with van der Waals surface area (Å²) in [5.74, 6) is 1.77. The van der Waals surface area contributed by atoms with Crippen molar-refractivity contribution in [3.8, 4) is 5.75 Å². The normalized spacial score (nSPS) is 14.1. The van der Waals surface area contributed by atoms with Gasteiger partial charge in [0.15, 0.2) is 5.16 Å². The quantitative estimate of drug-likeness (QED) is 0.668. The molecule has 0 bridgehead atoms. The second-order valence-corrected chi connectivity index (χ2v) is 5.86. The van der Waals surface area contributed by atoms with Crippen molar-refractivity contribution >= 4 is 23.3 Å². The molecule has 2 N–H and O–H groups in total. The van der Waals surface area contributed by atoms with Gasteiger partial charge in [-0.15, -0.1) is 0 Å². The molecule has 1 aliphatic heterocycles. The van der Waals surface area contributed by atoms with Gasteiger partial charge in [-0.25, -0.2) is 9.97 Å². The van der Waals surface area contributed by atoms with Crippen LogP contribution in [0, 0.1) is 0 Å². The number of rotatable bonds is 4. The zero-order chi connectivity index (χ0) is 15.4. The second kappa shape index (κ2) is 6.98. The summed E-state index contributed by atoms with van der Waals surface area (Å²) in [6.45, 7) is 1.94. The molecule has 22 heavy (non-hydrogen) atoms. The predicted octanol–water partition coefficient (Wildman–Crippen LogP) is 2.64. The van der Waals surface area contributed by atoms with Crippen LogP contribution in [0.25, 0.3) is 0 Å². The Balaban J connectivity index is 1.93. The Labute approximate surface area is 134 Å². The van der Waals surface area contributed by atoms with Gasteiger partial charge in [-0.1, -0.05) is 11.8 Å². The number of thioether (sulfide) groups is 1. The van der Waals surface area contributed by atoms with Crippen molar-refractivity contribution in [2.75, 3.05) is 31.8 Å². The van der Waals surface area contributed by atoms with Crippen LogP contribution < -0.4 is 15.4 Å². The number of methoxy groups -OCH3 is 1. The molecule has 0 radical (unpaired) electrons. The lowest BCUT2D eigenvalue weighted by molar-refractivity contribution is 0.415. The van der Waals surface area contributed by atoms with Crippen molar-refractivity contribution < 1.29 is 4.74 Å². The minimum Gasteiger partial charge on any atom is -0.497 e. The second-order valence-electron chi connectivity index (χ2n) is 5.09. The highest BCUT2D eigenvalue weighted by Gasteiger charge is 2.16. The molecule has 0 spiro atoms. The number of benzene rings is 1. The number of hydrogen-bond acceptors (Lipinski definition) is 6. The van der Waals surface area contributed by atoms with Gasteiger partial charge in [0.25, 0.3) is 0 Å². The monoisotopic (exact) mass is 316 g/mol. The number of nitrogens with zero attached hydrogens (tertiary/aromatic N) is 2. The minimum absolute atomic E-state index is 0.816. The zero-order valence-electron chi connectivity index (χ0n) is 12.8. The van der Waals surface area contributed by atoms with Crippen LogP contribution >= 0.6 is 11.8 Å². The Morgan fingerprint density at radius 1 is 1.14 bits per heavy atom. The predicted molar refractivity (Wildman–Crippen MR) is 90.4 cm³/mol. The molecule has 5 nitrogen and oxygen atoms in total. The molecule has 0 fully saturated rings. The minimum atomic E-state index is 0.816. The third kappa shape index (κ3) is 3.34. The molecule has 3 rings (SSSR count). The summed E-state index contributed by atoms with van der Waals surface area (Å²) in [7, 11) is 1.67. The van der Waals surface area contributed by atoms with Crippen LogP contribution in [0.15, 0.2) is 29.4 Å². The van der Waals surface area contributed by atoms with E-state index in [2.05, 4.69) is 20.6 Å². The van der Waals surface area contributed by atoms with Crippen molar-refractivity contribution in [1.82, 2.24) is 15.3 Å². The number of hydrogen-bond donors (Lipinski definition) is 2. The van der Waals surface area contributed by atoms with E-state index < -0.39 is 0 Å². The van der Waals surface area contributed by atoms with Gasteiger partial charge in [-0.2, -0.15) is 0 Å². The van der Waals surface area contributed by atoms with Gasteiger partial charge >= 0.3 is 0 Å². The Kier molecular flexibility index (Phi) is 4.80. The Morgan fingerprint density at radius 2 is 1.91 bits per heavy atom. The van der Waals surface area contributed by atoms with Crippen molar-refractivity contribution in [3.63, 3.8) is 0 Å². The average molecular weight is 316 g/mol. The number of aromatic nitrogens is 2. The molecule has 0 saturated carbocycles. The summed E-state index contributed by atoms with van der Waals surface area (Å²) < 4.78 is 5.20. The van der Waals surface area contributed by atoms with Crippen LogP contribution in [0.5, 0.6) is 5.75 Å². The van der Waals surface area contributed by atoms with Crippen LogP contribution in [0.2, 0.25) is 0 Å². The first-order valence-corrected chi connectivity index (χ1v) is 8.58. The van der Waals surface area contributed by atoms with E-state index in [4.69, 9.17) is 4.74 Å². The molecule has 1 aromatic carbocycles. The highest BCUT2D eigenvalue weighted by atomic mass is 32.2. The lowest BCUT2D eigenvalue weighted by atomic mass is 10.1. The molecule has 0 saturated heterocycles. The molecule has 2 heterocycles. The molecule has 1 aliphatic rings. The lowest BCUT2D eigenvalue weighted by Crippen LogP contribution is -2.16. The fourth-order valence-corrected chi connectivity index (χ4v) is 2.91. The van der Waals surface area contributed by atoms with Crippen LogP contribution in [0.1, 0.15) is 11.3 Å². The average Bonchev–Trinajstić information content (AvgIpc) is 2.81. The smallest absolute Gasteiger partial charge is 0.189 e. The maximum atomic E-state index is 5.20. The third-order valence-corrected chi connectivity index (χ3v) is 4.25. The molecule has 0 amide bonds. The van der Waals surface area contributed by atoms with E-state index in [0.717, 1.165) is 54.0 Å². The SMILES string of the molecule is COc1ccc(Nc2nc(SC)nc3c2CCNCC3)cc1. The first-order chi connectivity index (χ1) is 10.8. The van der Waals surface area contributed by atoms with E-state index >= 15 is 0 Å². The Hall–Kier alpha value is -1.79. The van der Waals surface area contributed by atoms with E-state index in [1.54, 1.807) is 18.9 Å². The van der Waals surface area contributed by atoms with Gasteiger partial charge in [0.05, 0.1) is 12.8 Å². The highest BCUT2D eigenvalue weighted by Crippen LogP contribution is 2.26. The summed E-state index contributed by atoms with van der Waals surface area (Å²) >= 11 is 1.58. The number of ether oxygens (including phenoxy) is 1. The Morgan fingerprint density at radius 3 is 2.64 bits per heavy atom. The fourth-order valence-electron chi connectivity index (χ4n) is 2.53. The highest BCUT2D eigenvalue weighted by molar-refractivity contribution is 7.98. The molecule has 6 heteroatoms. The van der Waals surface area contributed by atoms with E-state index in [9.17, 15) is 0 Å². The van der Waals surface area contributed by atoms with Gasteiger partial charge in [0.1, 0.15) is 11.6 Å². The van der Waals surface area contributed by atoms with E-state index in [1.165, 1.54) is 5.56 Å². The summed E-state index contributed by atoms with van der Waals surface area (Å²) in [5, 5.41) is 7.67. The number of anilines is 2. The van der Waals surface area contributed by atoms with Gasteiger partial charge < -0.3 is 15.4 Å². The van der Waals surface area contributed by atoms with Crippen molar-refractivity contribution in [1.29, 1.82) is 0 Å². The zero-order valence-corrected chi connectivity index (χ0v) is 13.7. The van der Waals surface area contributed by atoms with Crippen molar-refractivity contribution in [2.24, 2.45) is 0 Å². The molecule has 0 unspecified atom stereocenters. The summed E-state index contributed by atoms with van der Waals surface area (Å²) in [4.78, 5) is 9.34. The van der Waals surface area contributed by atoms with Crippen LogP contribution in [0.4, 0.5) is 11.5 Å². The Bertz CT molecular complexity index is 645. The van der Waals surface area contributed by atoms with E-state index in [-0.39, 0.29) is 0 Å². The topological polar surface area (TPSA) is 59.1 Å². The first kappa shape index (κ1) is 15.1. The van der Waals surface area contributed by atoms with Gasteiger partial charge in [0.2, 0.25) is 0 Å². The lowest BCUT2D eigenvalue weighted by Gasteiger charge is -2.14. The van der Waals surface area contributed by atoms with E-state index in [1.807, 2.05) is 30.5 Å². The molecular weight excluding hydrogens is 296 g/mol. The number of nitrogens with one attached hydrogen (secondary N) is 2. The standard InChI is InChI=1S/C16H20N4OS/c1-21-12-5-3-11(4-6-12)18-15-13-7-9-17-10-8-14(13)19-16(20-15)22-2/h3-6,17H,7-10H2,1-2H3,(H,18,19,20). The maximum absolute atomic E-state index is 5.20. The maximum Gasteiger partial charge on any atom is 0.189 e. The number of fused-ring (bicyclic) bond motifs is 1. The van der Waals surface area contributed by atoms with Crippen LogP contribution in [0.3, 0.4) is 0 Å². The summed E-state index contributed by atoms with van der Waals surface area (Å²) in [6, 6.07) is 7.89. The molecule has 0 atom stereocenters. The van der Waals surface area contributed by atoms with Gasteiger partial charge in [0, 0.05) is 24.2 Å². The van der Waals surface area contributed by atoms with Crippen molar-refractivity contribution in [2.45, 2.75) is 18.0 Å². The van der Waals surface area contributed by atoms with Crippen LogP contribution in [-0.2, 0) is 12.8 Å². The fraction of sp³-hybridized carbons (Fsp3) is 0.375. The van der Waals surface area contributed by atoms with Crippen molar-refractivity contribution in [3.05, 3.63) is 35.5 Å². The molecule has 0 aliphatic carbocycles. The summed E-state index contributed by atoms with van der Waals surface area (Å²) in [6.07, 6.45) is 3.90. The van der Waals surface area contributed by atoms with Crippen LogP contribution in [-0.4, -0.2) is 36.4 Å². The summed E-state index contributed by atoms with van der Waals surface area (Å²) in [5.41, 5.74) is 3.38. The first-order valence-electron chi connectivity index (χ1n) is 7.35. The molecule has 116 valence electrons. The van der Waals surface area contributed by atoms with Gasteiger partial charge in [-0.05, 0) is 43.5 Å². The molecular formula is C16H20N4OS. The largest absolute Gasteiger partial charge is 0.497 e. The third-order valence-electron chi connectivity index (χ3n) is 3.70. The molecule has 1 aromatic heterocycles.